The van der Waals surface area contributed by atoms with Crippen LogP contribution in [0.1, 0.15) is 29.0 Å². The van der Waals surface area contributed by atoms with E-state index < -0.39 is 0 Å². The normalized spacial score (nSPS) is 10.6. The van der Waals surface area contributed by atoms with Gasteiger partial charge < -0.3 is 14.9 Å². The molecular formula is C16H20N2O3. The molecule has 2 aromatic rings. The Balaban J connectivity index is 1.87. The summed E-state index contributed by atoms with van der Waals surface area (Å²) in [5.74, 6) is 0.735. The molecule has 0 aliphatic carbocycles. The van der Waals surface area contributed by atoms with Gasteiger partial charge in [-0.3, -0.25) is 4.79 Å². The van der Waals surface area contributed by atoms with Crippen LogP contribution in [0.4, 0.5) is 5.69 Å². The van der Waals surface area contributed by atoms with Crippen molar-refractivity contribution in [1.29, 1.82) is 0 Å². The number of carbonyl (C=O) groups is 1. The molecule has 1 aromatic carbocycles. The molecule has 0 fully saturated rings. The molecule has 5 heteroatoms. The van der Waals surface area contributed by atoms with E-state index in [0.29, 0.717) is 19.3 Å². The molecule has 0 radical (unpaired) electrons. The van der Waals surface area contributed by atoms with Crippen LogP contribution in [0.15, 0.2) is 28.8 Å². The monoisotopic (exact) mass is 288 g/mol. The Morgan fingerprint density at radius 1 is 1.24 bits per heavy atom. The van der Waals surface area contributed by atoms with Crippen LogP contribution in [0.5, 0.6) is 0 Å². The molecule has 0 spiro atoms. The summed E-state index contributed by atoms with van der Waals surface area (Å²) in [6.07, 6.45) is 1.64. The van der Waals surface area contributed by atoms with Crippen molar-refractivity contribution in [2.24, 2.45) is 0 Å². The van der Waals surface area contributed by atoms with E-state index in [4.69, 9.17) is 9.63 Å². The van der Waals surface area contributed by atoms with Crippen molar-refractivity contribution in [3.63, 3.8) is 0 Å². The first-order chi connectivity index (χ1) is 10.1. The number of carbonyl (C=O) groups excluding carboxylic acids is 1. The van der Waals surface area contributed by atoms with Crippen LogP contribution < -0.4 is 5.32 Å². The first-order valence-electron chi connectivity index (χ1n) is 7.01. The van der Waals surface area contributed by atoms with Crippen molar-refractivity contribution in [3.05, 3.63) is 46.8 Å². The number of hydrogen-bond donors (Lipinski definition) is 2. The molecule has 0 aliphatic heterocycles. The van der Waals surface area contributed by atoms with Gasteiger partial charge in [0, 0.05) is 24.3 Å². The Morgan fingerprint density at radius 2 is 1.95 bits per heavy atom. The number of amides is 1. The maximum Gasteiger partial charge on any atom is 0.224 e. The van der Waals surface area contributed by atoms with E-state index in [1.165, 1.54) is 0 Å². The standard InChI is InChI=1S/C16H20N2O3/c1-11-15(12(2)21-18-11)7-8-16(20)17-14-5-3-13(4-6-14)9-10-19/h3-6,19H,7-10H2,1-2H3,(H,17,20). The molecule has 2 N–H and O–H groups in total. The summed E-state index contributed by atoms with van der Waals surface area (Å²) in [5, 5.41) is 15.6. The average Bonchev–Trinajstić information content (AvgIpc) is 2.78. The third-order valence-electron chi connectivity index (χ3n) is 3.42. The van der Waals surface area contributed by atoms with Gasteiger partial charge >= 0.3 is 0 Å². The fourth-order valence-corrected chi connectivity index (χ4v) is 2.20. The number of nitrogens with zero attached hydrogens (tertiary/aromatic N) is 1. The summed E-state index contributed by atoms with van der Waals surface area (Å²) in [6.45, 7) is 3.86. The molecule has 1 amide bonds. The van der Waals surface area contributed by atoms with Gasteiger partial charge in [-0.1, -0.05) is 17.3 Å². The van der Waals surface area contributed by atoms with Gasteiger partial charge in [0.25, 0.3) is 0 Å². The lowest BCUT2D eigenvalue weighted by atomic mass is 10.1. The van der Waals surface area contributed by atoms with E-state index in [1.807, 2.05) is 38.1 Å². The number of aliphatic hydroxyl groups is 1. The molecule has 112 valence electrons. The summed E-state index contributed by atoms with van der Waals surface area (Å²) >= 11 is 0. The van der Waals surface area contributed by atoms with Crippen LogP contribution in [0.3, 0.4) is 0 Å². The minimum atomic E-state index is -0.0371. The van der Waals surface area contributed by atoms with E-state index in [9.17, 15) is 4.79 Å². The first-order valence-corrected chi connectivity index (χ1v) is 7.01. The molecule has 0 atom stereocenters. The van der Waals surface area contributed by atoms with Crippen LogP contribution in [-0.4, -0.2) is 22.8 Å². The molecule has 1 heterocycles. The zero-order valence-electron chi connectivity index (χ0n) is 12.3. The summed E-state index contributed by atoms with van der Waals surface area (Å²) in [7, 11) is 0. The number of hydrogen-bond acceptors (Lipinski definition) is 4. The van der Waals surface area contributed by atoms with Gasteiger partial charge in [0.15, 0.2) is 0 Å². The topological polar surface area (TPSA) is 75.4 Å². The molecule has 0 unspecified atom stereocenters. The van der Waals surface area contributed by atoms with E-state index in [-0.39, 0.29) is 12.5 Å². The highest BCUT2D eigenvalue weighted by Gasteiger charge is 2.11. The highest BCUT2D eigenvalue weighted by Crippen LogP contribution is 2.15. The Hall–Kier alpha value is -2.14. The number of nitrogens with one attached hydrogen (secondary N) is 1. The number of rotatable bonds is 6. The minimum Gasteiger partial charge on any atom is -0.396 e. The van der Waals surface area contributed by atoms with Gasteiger partial charge in [-0.25, -0.2) is 0 Å². The van der Waals surface area contributed by atoms with Crippen molar-refractivity contribution < 1.29 is 14.4 Å². The summed E-state index contributed by atoms with van der Waals surface area (Å²) in [6, 6.07) is 7.50. The smallest absolute Gasteiger partial charge is 0.224 e. The van der Waals surface area contributed by atoms with Crippen LogP contribution in [0.2, 0.25) is 0 Å². The number of aryl methyl sites for hydroxylation is 2. The number of benzene rings is 1. The maximum absolute atomic E-state index is 11.9. The molecule has 5 nitrogen and oxygen atoms in total. The van der Waals surface area contributed by atoms with E-state index in [2.05, 4.69) is 10.5 Å². The lowest BCUT2D eigenvalue weighted by Gasteiger charge is -2.06. The van der Waals surface area contributed by atoms with Crippen LogP contribution >= 0.6 is 0 Å². The second kappa shape index (κ2) is 7.04. The van der Waals surface area contributed by atoms with Gasteiger partial charge in [-0.15, -0.1) is 0 Å². The third-order valence-corrected chi connectivity index (χ3v) is 3.42. The molecular weight excluding hydrogens is 268 g/mol. The highest BCUT2D eigenvalue weighted by atomic mass is 16.5. The second-order valence-electron chi connectivity index (χ2n) is 5.02. The Morgan fingerprint density at radius 3 is 2.52 bits per heavy atom. The number of aliphatic hydroxyl groups excluding tert-OH is 1. The molecule has 1 aromatic heterocycles. The molecule has 2 rings (SSSR count). The quantitative estimate of drug-likeness (QED) is 0.856. The lowest BCUT2D eigenvalue weighted by Crippen LogP contribution is -2.12. The zero-order valence-corrected chi connectivity index (χ0v) is 12.3. The Kier molecular flexibility index (Phi) is 5.11. The number of anilines is 1. The molecule has 21 heavy (non-hydrogen) atoms. The van der Waals surface area contributed by atoms with Crippen molar-refractivity contribution in [2.45, 2.75) is 33.1 Å². The Bertz CT molecular complexity index is 583. The van der Waals surface area contributed by atoms with Gasteiger partial charge in [0.05, 0.1) is 5.69 Å². The first kappa shape index (κ1) is 15.3. The van der Waals surface area contributed by atoms with Gasteiger partial charge in [-0.2, -0.15) is 0 Å². The van der Waals surface area contributed by atoms with Crippen molar-refractivity contribution >= 4 is 11.6 Å². The molecule has 0 aliphatic rings. The fraction of sp³-hybridized carbons (Fsp3) is 0.375. The van der Waals surface area contributed by atoms with E-state index in [1.54, 1.807) is 0 Å². The van der Waals surface area contributed by atoms with Crippen LogP contribution in [0, 0.1) is 13.8 Å². The SMILES string of the molecule is Cc1noc(C)c1CCC(=O)Nc1ccc(CCO)cc1. The minimum absolute atomic E-state index is 0.0371. The lowest BCUT2D eigenvalue weighted by molar-refractivity contribution is -0.116. The van der Waals surface area contributed by atoms with E-state index >= 15 is 0 Å². The van der Waals surface area contributed by atoms with Crippen LogP contribution in [-0.2, 0) is 17.6 Å². The van der Waals surface area contributed by atoms with E-state index in [0.717, 1.165) is 28.3 Å². The predicted octanol–water partition coefficient (Wildman–Crippen LogP) is 2.40. The molecule has 0 bridgehead atoms. The number of aromatic nitrogens is 1. The van der Waals surface area contributed by atoms with Crippen molar-refractivity contribution in [2.75, 3.05) is 11.9 Å². The summed E-state index contributed by atoms with van der Waals surface area (Å²) in [4.78, 5) is 11.9. The van der Waals surface area contributed by atoms with Gasteiger partial charge in [-0.05, 0) is 44.4 Å². The van der Waals surface area contributed by atoms with Crippen molar-refractivity contribution in [1.82, 2.24) is 5.16 Å². The summed E-state index contributed by atoms with van der Waals surface area (Å²) in [5.41, 5.74) is 3.66. The summed E-state index contributed by atoms with van der Waals surface area (Å²) < 4.78 is 5.08. The zero-order chi connectivity index (χ0) is 15.2. The predicted molar refractivity (Wildman–Crippen MR) is 80.2 cm³/mol. The average molecular weight is 288 g/mol. The third kappa shape index (κ3) is 4.16. The highest BCUT2D eigenvalue weighted by molar-refractivity contribution is 5.90. The molecule has 0 saturated heterocycles. The fourth-order valence-electron chi connectivity index (χ4n) is 2.20. The van der Waals surface area contributed by atoms with Crippen LogP contribution in [0.25, 0.3) is 0 Å². The van der Waals surface area contributed by atoms with Crippen molar-refractivity contribution in [3.8, 4) is 0 Å². The second-order valence-corrected chi connectivity index (χ2v) is 5.02. The Labute approximate surface area is 124 Å². The van der Waals surface area contributed by atoms with Gasteiger partial charge in [0.2, 0.25) is 5.91 Å². The largest absolute Gasteiger partial charge is 0.396 e. The molecule has 0 saturated carbocycles. The maximum atomic E-state index is 11.9. The van der Waals surface area contributed by atoms with Gasteiger partial charge in [0.1, 0.15) is 5.76 Å².